The number of benzene rings is 2. The summed E-state index contributed by atoms with van der Waals surface area (Å²) in [6.45, 7) is 6.09. The number of hydrogen-bond acceptors (Lipinski definition) is 2. The Morgan fingerprint density at radius 2 is 1.16 bits per heavy atom. The summed E-state index contributed by atoms with van der Waals surface area (Å²) in [5.74, 6) is 2.13. The van der Waals surface area contributed by atoms with E-state index in [-0.39, 0.29) is 0 Å². The van der Waals surface area contributed by atoms with Crippen LogP contribution in [0.25, 0.3) is 0 Å². The molecule has 2 heteroatoms. The van der Waals surface area contributed by atoms with Crippen molar-refractivity contribution in [1.29, 1.82) is 0 Å². The molecule has 0 saturated carbocycles. The predicted molar refractivity (Wildman–Crippen MR) is 77.7 cm³/mol. The summed E-state index contributed by atoms with van der Waals surface area (Å²) in [6, 6.07) is 15.6. The lowest BCUT2D eigenvalue weighted by Gasteiger charge is -2.10. The Balaban J connectivity index is 2.08. The molecule has 0 bridgehead atoms. The van der Waals surface area contributed by atoms with Crippen LogP contribution in [0.3, 0.4) is 0 Å². The van der Waals surface area contributed by atoms with Gasteiger partial charge in [-0.15, -0.1) is 0 Å². The molecule has 19 heavy (non-hydrogen) atoms. The van der Waals surface area contributed by atoms with Crippen molar-refractivity contribution in [3.05, 3.63) is 59.7 Å². The first-order valence-electron chi connectivity index (χ1n) is 6.62. The molecular formula is C17H20O2. The minimum atomic E-state index is -0.445. The minimum Gasteiger partial charge on any atom is -0.457 e. The Hall–Kier alpha value is -1.80. The van der Waals surface area contributed by atoms with Gasteiger partial charge in [-0.25, -0.2) is 0 Å². The van der Waals surface area contributed by atoms with Crippen molar-refractivity contribution in [3.63, 3.8) is 0 Å². The van der Waals surface area contributed by atoms with Gasteiger partial charge in [0.05, 0.1) is 6.10 Å². The molecule has 0 radical (unpaired) electrons. The van der Waals surface area contributed by atoms with E-state index in [0.29, 0.717) is 5.92 Å². The zero-order valence-electron chi connectivity index (χ0n) is 11.6. The average molecular weight is 256 g/mol. The molecule has 0 aliphatic heterocycles. The van der Waals surface area contributed by atoms with Gasteiger partial charge < -0.3 is 9.84 Å². The van der Waals surface area contributed by atoms with E-state index in [2.05, 4.69) is 26.0 Å². The third-order valence-corrected chi connectivity index (χ3v) is 3.14. The Morgan fingerprint density at radius 1 is 0.737 bits per heavy atom. The molecule has 0 aliphatic carbocycles. The van der Waals surface area contributed by atoms with Crippen LogP contribution in [0.2, 0.25) is 0 Å². The Morgan fingerprint density at radius 3 is 1.53 bits per heavy atom. The number of ether oxygens (including phenoxy) is 1. The highest BCUT2D eigenvalue weighted by Crippen LogP contribution is 2.25. The topological polar surface area (TPSA) is 29.5 Å². The first-order chi connectivity index (χ1) is 9.06. The molecule has 100 valence electrons. The molecule has 0 spiro atoms. The maximum atomic E-state index is 9.45. The second-order valence-electron chi connectivity index (χ2n) is 5.07. The second-order valence-corrected chi connectivity index (χ2v) is 5.07. The van der Waals surface area contributed by atoms with Crippen LogP contribution in [0.15, 0.2) is 48.5 Å². The molecule has 0 heterocycles. The highest BCUT2D eigenvalue weighted by molar-refractivity contribution is 5.35. The van der Waals surface area contributed by atoms with E-state index in [1.54, 1.807) is 6.92 Å². The van der Waals surface area contributed by atoms with Gasteiger partial charge in [-0.3, -0.25) is 0 Å². The molecule has 2 aromatic rings. The Labute approximate surface area is 114 Å². The molecule has 0 fully saturated rings. The van der Waals surface area contributed by atoms with E-state index < -0.39 is 6.10 Å². The Kier molecular flexibility index (Phi) is 4.23. The van der Waals surface area contributed by atoms with E-state index >= 15 is 0 Å². The van der Waals surface area contributed by atoms with Gasteiger partial charge in [0.2, 0.25) is 0 Å². The van der Waals surface area contributed by atoms with Gasteiger partial charge in [0.1, 0.15) is 11.5 Å². The fraction of sp³-hybridized carbons (Fsp3) is 0.294. The molecule has 2 aromatic carbocycles. The lowest BCUT2D eigenvalue weighted by atomic mass is 10.0. The molecule has 0 unspecified atom stereocenters. The smallest absolute Gasteiger partial charge is 0.127 e. The monoisotopic (exact) mass is 256 g/mol. The Bertz CT molecular complexity index is 460. The van der Waals surface area contributed by atoms with Crippen LogP contribution < -0.4 is 4.74 Å². The van der Waals surface area contributed by atoms with Crippen molar-refractivity contribution < 1.29 is 9.84 Å². The zero-order valence-corrected chi connectivity index (χ0v) is 11.6. The minimum absolute atomic E-state index is 0.445. The van der Waals surface area contributed by atoms with Crippen LogP contribution >= 0.6 is 0 Å². The largest absolute Gasteiger partial charge is 0.457 e. The van der Waals surface area contributed by atoms with Gasteiger partial charge in [-0.2, -0.15) is 0 Å². The van der Waals surface area contributed by atoms with E-state index in [1.807, 2.05) is 36.4 Å². The summed E-state index contributed by atoms with van der Waals surface area (Å²) in [7, 11) is 0. The number of hydrogen-bond donors (Lipinski definition) is 1. The van der Waals surface area contributed by atoms with Crippen LogP contribution in [0.4, 0.5) is 0 Å². The van der Waals surface area contributed by atoms with Gasteiger partial charge >= 0.3 is 0 Å². The molecule has 2 nitrogen and oxygen atoms in total. The van der Waals surface area contributed by atoms with Crippen LogP contribution in [0.1, 0.15) is 43.9 Å². The van der Waals surface area contributed by atoms with Crippen LogP contribution in [-0.2, 0) is 0 Å². The van der Waals surface area contributed by atoms with Crippen molar-refractivity contribution in [3.8, 4) is 11.5 Å². The standard InChI is InChI=1S/C17H20O2/c1-12(2)14-4-8-16(9-5-14)19-17-10-6-15(7-11-17)13(3)18/h4-13,18H,1-3H3/t13-/m1/s1. The second kappa shape index (κ2) is 5.89. The maximum Gasteiger partial charge on any atom is 0.127 e. The summed E-state index contributed by atoms with van der Waals surface area (Å²) in [5, 5.41) is 9.45. The summed E-state index contributed by atoms with van der Waals surface area (Å²) >= 11 is 0. The summed E-state index contributed by atoms with van der Waals surface area (Å²) in [4.78, 5) is 0. The van der Waals surface area contributed by atoms with Crippen molar-refractivity contribution in [2.45, 2.75) is 32.8 Å². The van der Waals surface area contributed by atoms with Gasteiger partial charge in [0.15, 0.2) is 0 Å². The molecule has 1 N–H and O–H groups in total. The van der Waals surface area contributed by atoms with E-state index in [1.165, 1.54) is 5.56 Å². The first kappa shape index (κ1) is 13.6. The SMILES string of the molecule is CC(C)c1ccc(Oc2ccc([C@@H](C)O)cc2)cc1. The van der Waals surface area contributed by atoms with Crippen molar-refractivity contribution in [1.82, 2.24) is 0 Å². The molecule has 0 aliphatic rings. The van der Waals surface area contributed by atoms with Gasteiger partial charge in [-0.05, 0) is 48.2 Å². The molecule has 0 saturated heterocycles. The molecule has 0 aromatic heterocycles. The molecule has 2 rings (SSSR count). The third-order valence-electron chi connectivity index (χ3n) is 3.14. The fourth-order valence-corrected chi connectivity index (χ4v) is 1.87. The van der Waals surface area contributed by atoms with E-state index in [0.717, 1.165) is 17.1 Å². The van der Waals surface area contributed by atoms with Crippen molar-refractivity contribution >= 4 is 0 Å². The fourth-order valence-electron chi connectivity index (χ4n) is 1.87. The van der Waals surface area contributed by atoms with Gasteiger partial charge in [0, 0.05) is 0 Å². The summed E-state index contributed by atoms with van der Waals surface area (Å²) in [6.07, 6.45) is -0.445. The number of aliphatic hydroxyl groups is 1. The lowest BCUT2D eigenvalue weighted by molar-refractivity contribution is 0.199. The molecular weight excluding hydrogens is 236 g/mol. The highest BCUT2D eigenvalue weighted by atomic mass is 16.5. The summed E-state index contributed by atoms with van der Waals surface area (Å²) < 4.78 is 5.77. The van der Waals surface area contributed by atoms with Gasteiger partial charge in [-0.1, -0.05) is 38.1 Å². The number of rotatable bonds is 4. The third kappa shape index (κ3) is 3.58. The van der Waals surface area contributed by atoms with Crippen LogP contribution in [0, 0.1) is 0 Å². The van der Waals surface area contributed by atoms with Crippen molar-refractivity contribution in [2.75, 3.05) is 0 Å². The quantitative estimate of drug-likeness (QED) is 0.862. The van der Waals surface area contributed by atoms with Gasteiger partial charge in [0.25, 0.3) is 0 Å². The normalized spacial score (nSPS) is 12.5. The highest BCUT2D eigenvalue weighted by Gasteiger charge is 2.03. The summed E-state index contributed by atoms with van der Waals surface area (Å²) in [5.41, 5.74) is 2.19. The zero-order chi connectivity index (χ0) is 13.8. The lowest BCUT2D eigenvalue weighted by Crippen LogP contribution is -1.91. The predicted octanol–water partition coefficient (Wildman–Crippen LogP) is 4.66. The maximum absolute atomic E-state index is 9.45. The first-order valence-corrected chi connectivity index (χ1v) is 6.62. The van der Waals surface area contributed by atoms with Crippen LogP contribution in [-0.4, -0.2) is 5.11 Å². The van der Waals surface area contributed by atoms with E-state index in [9.17, 15) is 5.11 Å². The van der Waals surface area contributed by atoms with E-state index in [4.69, 9.17) is 4.74 Å². The van der Waals surface area contributed by atoms with Crippen molar-refractivity contribution in [2.24, 2.45) is 0 Å². The molecule has 0 amide bonds. The average Bonchev–Trinajstić information content (AvgIpc) is 2.40. The molecule has 1 atom stereocenters. The number of aliphatic hydroxyl groups excluding tert-OH is 1. The van der Waals surface area contributed by atoms with Crippen LogP contribution in [0.5, 0.6) is 11.5 Å².